The summed E-state index contributed by atoms with van der Waals surface area (Å²) in [4.78, 5) is 24.7. The van der Waals surface area contributed by atoms with Crippen molar-refractivity contribution in [2.24, 2.45) is 0 Å². The molecule has 0 spiro atoms. The van der Waals surface area contributed by atoms with Crippen molar-refractivity contribution in [2.75, 3.05) is 0 Å². The van der Waals surface area contributed by atoms with Crippen molar-refractivity contribution in [3.05, 3.63) is 51.3 Å². The number of benzene rings is 1. The Bertz CT molecular complexity index is 859. The Morgan fingerprint density at radius 1 is 1.32 bits per heavy atom. The van der Waals surface area contributed by atoms with Gasteiger partial charge in [0, 0.05) is 12.1 Å². The van der Waals surface area contributed by atoms with Gasteiger partial charge < -0.3 is 0 Å². The number of fused-ring (bicyclic) bond motifs is 1. The molecule has 1 aliphatic rings. The van der Waals surface area contributed by atoms with Crippen LogP contribution in [-0.2, 0) is 18.4 Å². The van der Waals surface area contributed by atoms with E-state index in [-0.39, 0.29) is 11.2 Å². The highest BCUT2D eigenvalue weighted by Crippen LogP contribution is 2.41. The summed E-state index contributed by atoms with van der Waals surface area (Å²) in [5.74, 6) is -0.105. The Balaban J connectivity index is 2.19. The first-order valence-corrected chi connectivity index (χ1v) is 9.01. The molecule has 1 heterocycles. The van der Waals surface area contributed by atoms with E-state index in [9.17, 15) is 9.59 Å². The van der Waals surface area contributed by atoms with Gasteiger partial charge in [0.05, 0.1) is 11.8 Å². The summed E-state index contributed by atoms with van der Waals surface area (Å²) in [6.07, 6.45) is 5.65. The van der Waals surface area contributed by atoms with E-state index in [1.54, 1.807) is 4.68 Å². The monoisotopic (exact) mass is 338 g/mol. The van der Waals surface area contributed by atoms with Gasteiger partial charge >= 0.3 is 0 Å². The van der Waals surface area contributed by atoms with Gasteiger partial charge in [-0.25, -0.2) is 0 Å². The van der Waals surface area contributed by atoms with E-state index in [0.717, 1.165) is 24.7 Å². The van der Waals surface area contributed by atoms with Crippen LogP contribution in [0.3, 0.4) is 0 Å². The highest BCUT2D eigenvalue weighted by atomic mass is 16.1. The topological polar surface area (TPSA) is 52.0 Å². The summed E-state index contributed by atoms with van der Waals surface area (Å²) < 4.78 is 1.57. The maximum absolute atomic E-state index is 13.2. The molecular weight excluding hydrogens is 312 g/mol. The van der Waals surface area contributed by atoms with Crippen molar-refractivity contribution in [3.63, 3.8) is 0 Å². The van der Waals surface area contributed by atoms with Gasteiger partial charge in [0.15, 0.2) is 12.1 Å². The van der Waals surface area contributed by atoms with Crippen molar-refractivity contribution in [2.45, 2.75) is 65.8 Å². The van der Waals surface area contributed by atoms with Crippen LogP contribution in [0, 0.1) is 13.8 Å². The van der Waals surface area contributed by atoms with Crippen molar-refractivity contribution < 1.29 is 9.59 Å². The molecule has 0 fully saturated rings. The largest absolute Gasteiger partial charge is 0.296 e. The highest BCUT2D eigenvalue weighted by Gasteiger charge is 2.32. The predicted octanol–water partition coefficient (Wildman–Crippen LogP) is 4.18. The van der Waals surface area contributed by atoms with Gasteiger partial charge in [0.2, 0.25) is 0 Å². The molecule has 132 valence electrons. The minimum atomic E-state index is -0.105. The van der Waals surface area contributed by atoms with Crippen LogP contribution in [0.5, 0.6) is 0 Å². The predicted molar refractivity (Wildman–Crippen MR) is 98.6 cm³/mol. The minimum absolute atomic E-state index is 0.0693. The average Bonchev–Trinajstić information content (AvgIpc) is 2.99. The molecule has 4 nitrogen and oxygen atoms in total. The van der Waals surface area contributed by atoms with E-state index in [1.807, 2.05) is 19.9 Å². The Labute approximate surface area is 149 Å². The van der Waals surface area contributed by atoms with Crippen molar-refractivity contribution in [1.29, 1.82) is 0 Å². The second kappa shape index (κ2) is 6.25. The van der Waals surface area contributed by atoms with Crippen LogP contribution in [-0.4, -0.2) is 21.8 Å². The molecule has 1 aliphatic carbocycles. The van der Waals surface area contributed by atoms with Crippen LogP contribution in [0.1, 0.15) is 82.3 Å². The van der Waals surface area contributed by atoms with E-state index < -0.39 is 0 Å². The number of ketones is 1. The van der Waals surface area contributed by atoms with E-state index in [0.29, 0.717) is 23.4 Å². The maximum Gasteiger partial charge on any atom is 0.197 e. The lowest BCUT2D eigenvalue weighted by Gasteiger charge is -2.36. The number of rotatable bonds is 4. The molecule has 0 bridgehead atoms. The first kappa shape index (κ1) is 17.6. The summed E-state index contributed by atoms with van der Waals surface area (Å²) in [6.45, 7) is 11.1. The van der Waals surface area contributed by atoms with Crippen LogP contribution in [0.4, 0.5) is 0 Å². The second-order valence-corrected chi connectivity index (χ2v) is 7.66. The van der Waals surface area contributed by atoms with E-state index >= 15 is 0 Å². The number of hydrogen-bond acceptors (Lipinski definition) is 3. The summed E-state index contributed by atoms with van der Waals surface area (Å²) in [7, 11) is 0. The molecule has 2 aromatic rings. The van der Waals surface area contributed by atoms with Crippen molar-refractivity contribution in [1.82, 2.24) is 9.78 Å². The molecular formula is C21H26N2O2. The molecule has 25 heavy (non-hydrogen) atoms. The smallest absolute Gasteiger partial charge is 0.197 e. The normalized spacial score (nSPS) is 15.7. The third kappa shape index (κ3) is 2.74. The standard InChI is InChI=1S/C21H26N2O2/c1-6-23-18(12-24)17(11-22-23)20(25)16-10-13(2)15-8-7-9-21(4,5)19(15)14(16)3/h10-12H,6-9H2,1-5H3. The second-order valence-electron chi connectivity index (χ2n) is 7.66. The lowest BCUT2D eigenvalue weighted by molar-refractivity contribution is 0.102. The summed E-state index contributed by atoms with van der Waals surface area (Å²) in [6, 6.07) is 2.00. The fourth-order valence-corrected chi connectivity index (χ4v) is 4.37. The Morgan fingerprint density at radius 2 is 2.04 bits per heavy atom. The fourth-order valence-electron chi connectivity index (χ4n) is 4.37. The molecule has 3 rings (SSSR count). The summed E-state index contributed by atoms with van der Waals surface area (Å²) in [5.41, 5.74) is 6.46. The highest BCUT2D eigenvalue weighted by molar-refractivity contribution is 6.13. The van der Waals surface area contributed by atoms with Crippen molar-refractivity contribution in [3.8, 4) is 0 Å². The van der Waals surface area contributed by atoms with Crippen LogP contribution < -0.4 is 0 Å². The number of aldehydes is 1. The molecule has 0 N–H and O–H groups in total. The minimum Gasteiger partial charge on any atom is -0.296 e. The molecule has 1 aromatic carbocycles. The number of aromatic nitrogens is 2. The van der Waals surface area contributed by atoms with Gasteiger partial charge in [-0.3, -0.25) is 14.3 Å². The molecule has 4 heteroatoms. The SMILES string of the molecule is CCn1ncc(C(=O)c2cc(C)c3c(c2C)C(C)(C)CCC3)c1C=O. The van der Waals surface area contributed by atoms with E-state index in [1.165, 1.54) is 29.3 Å². The fraction of sp³-hybridized carbons (Fsp3) is 0.476. The molecule has 0 saturated carbocycles. The average molecular weight is 338 g/mol. The Morgan fingerprint density at radius 3 is 2.68 bits per heavy atom. The summed E-state index contributed by atoms with van der Waals surface area (Å²) >= 11 is 0. The number of hydrogen-bond donors (Lipinski definition) is 0. The van der Waals surface area contributed by atoms with E-state index in [4.69, 9.17) is 0 Å². The molecule has 0 radical (unpaired) electrons. The Hall–Kier alpha value is -2.23. The van der Waals surface area contributed by atoms with Gasteiger partial charge in [-0.1, -0.05) is 13.8 Å². The molecule has 0 aliphatic heterocycles. The zero-order chi connectivity index (χ0) is 18.4. The molecule has 1 aromatic heterocycles. The third-order valence-electron chi connectivity index (χ3n) is 5.60. The first-order chi connectivity index (χ1) is 11.8. The van der Waals surface area contributed by atoms with Gasteiger partial charge in [0.1, 0.15) is 5.69 Å². The van der Waals surface area contributed by atoms with Crippen LogP contribution >= 0.6 is 0 Å². The third-order valence-corrected chi connectivity index (χ3v) is 5.60. The number of carbonyl (C=O) groups is 2. The molecule has 0 saturated heterocycles. The zero-order valence-electron chi connectivity index (χ0n) is 15.8. The molecule has 0 atom stereocenters. The van der Waals surface area contributed by atoms with Gasteiger partial charge in [0.25, 0.3) is 0 Å². The van der Waals surface area contributed by atoms with Crippen molar-refractivity contribution >= 4 is 12.1 Å². The van der Waals surface area contributed by atoms with Gasteiger partial charge in [-0.2, -0.15) is 5.10 Å². The zero-order valence-corrected chi connectivity index (χ0v) is 15.8. The van der Waals surface area contributed by atoms with Crippen LogP contribution in [0.25, 0.3) is 0 Å². The quantitative estimate of drug-likeness (QED) is 0.621. The lowest BCUT2D eigenvalue weighted by atomic mass is 9.68. The first-order valence-electron chi connectivity index (χ1n) is 9.01. The maximum atomic E-state index is 13.2. The van der Waals surface area contributed by atoms with Crippen LogP contribution in [0.15, 0.2) is 12.3 Å². The molecule has 0 amide bonds. The number of carbonyl (C=O) groups excluding carboxylic acids is 2. The van der Waals surface area contributed by atoms with E-state index in [2.05, 4.69) is 25.9 Å². The number of nitrogens with zero attached hydrogens (tertiary/aromatic N) is 2. The van der Waals surface area contributed by atoms with Crippen LogP contribution in [0.2, 0.25) is 0 Å². The summed E-state index contributed by atoms with van der Waals surface area (Å²) in [5, 5.41) is 4.18. The lowest BCUT2D eigenvalue weighted by Crippen LogP contribution is -2.27. The van der Waals surface area contributed by atoms with Gasteiger partial charge in [-0.05, 0) is 73.8 Å². The molecule has 0 unspecified atom stereocenters. The van der Waals surface area contributed by atoms with Gasteiger partial charge in [-0.15, -0.1) is 0 Å². The number of aryl methyl sites for hydroxylation is 2. The Kier molecular flexibility index (Phi) is 4.40.